The van der Waals surface area contributed by atoms with Crippen molar-refractivity contribution >= 4 is 23.6 Å². The SMILES string of the molecule is CN=C(NCc1ccccc1CN1CCCC1=O)NCC1(Sc2ccccc2)CC1. The lowest BCUT2D eigenvalue weighted by atomic mass is 10.1. The molecule has 1 amide bonds. The van der Waals surface area contributed by atoms with Crippen molar-refractivity contribution < 1.29 is 4.79 Å². The number of guanidine groups is 1. The van der Waals surface area contributed by atoms with Crippen molar-refractivity contribution in [1.82, 2.24) is 15.5 Å². The van der Waals surface area contributed by atoms with Gasteiger partial charge in [0.25, 0.3) is 0 Å². The highest BCUT2D eigenvalue weighted by Gasteiger charge is 2.43. The van der Waals surface area contributed by atoms with E-state index in [0.29, 0.717) is 19.5 Å². The van der Waals surface area contributed by atoms with Gasteiger partial charge in [0.2, 0.25) is 5.91 Å². The highest BCUT2D eigenvalue weighted by molar-refractivity contribution is 8.01. The van der Waals surface area contributed by atoms with Crippen molar-refractivity contribution in [3.8, 4) is 0 Å². The van der Waals surface area contributed by atoms with E-state index < -0.39 is 0 Å². The maximum absolute atomic E-state index is 12.0. The van der Waals surface area contributed by atoms with Crippen LogP contribution in [-0.4, -0.2) is 41.7 Å². The molecule has 5 nitrogen and oxygen atoms in total. The van der Waals surface area contributed by atoms with Crippen LogP contribution < -0.4 is 10.6 Å². The van der Waals surface area contributed by atoms with E-state index in [2.05, 4.69) is 64.2 Å². The highest BCUT2D eigenvalue weighted by atomic mass is 32.2. The summed E-state index contributed by atoms with van der Waals surface area (Å²) in [5, 5.41) is 6.97. The lowest BCUT2D eigenvalue weighted by Crippen LogP contribution is -2.41. The molecule has 1 heterocycles. The fourth-order valence-electron chi connectivity index (χ4n) is 3.80. The van der Waals surface area contributed by atoms with E-state index in [0.717, 1.165) is 25.5 Å². The second-order valence-corrected chi connectivity index (χ2v) is 9.61. The summed E-state index contributed by atoms with van der Waals surface area (Å²) in [6.45, 7) is 3.15. The van der Waals surface area contributed by atoms with Crippen LogP contribution in [0.2, 0.25) is 0 Å². The van der Waals surface area contributed by atoms with Crippen LogP contribution in [0, 0.1) is 0 Å². The van der Waals surface area contributed by atoms with Gasteiger partial charge >= 0.3 is 0 Å². The van der Waals surface area contributed by atoms with Crippen molar-refractivity contribution in [3.63, 3.8) is 0 Å². The van der Waals surface area contributed by atoms with Gasteiger partial charge < -0.3 is 15.5 Å². The molecule has 2 aromatic rings. The zero-order valence-electron chi connectivity index (χ0n) is 17.6. The predicted octanol–water partition coefficient (Wildman–Crippen LogP) is 3.80. The molecule has 2 aromatic carbocycles. The summed E-state index contributed by atoms with van der Waals surface area (Å²) in [7, 11) is 1.81. The zero-order chi connectivity index (χ0) is 20.8. The van der Waals surface area contributed by atoms with Gasteiger partial charge in [0.15, 0.2) is 5.96 Å². The Morgan fingerprint density at radius 3 is 2.47 bits per heavy atom. The van der Waals surface area contributed by atoms with Crippen molar-refractivity contribution in [1.29, 1.82) is 0 Å². The third-order valence-electron chi connectivity index (χ3n) is 5.78. The molecular weight excluding hydrogens is 392 g/mol. The van der Waals surface area contributed by atoms with E-state index >= 15 is 0 Å². The highest BCUT2D eigenvalue weighted by Crippen LogP contribution is 2.51. The van der Waals surface area contributed by atoms with E-state index in [1.54, 1.807) is 0 Å². The molecule has 2 aliphatic rings. The Labute approximate surface area is 183 Å². The molecule has 1 aliphatic heterocycles. The van der Waals surface area contributed by atoms with Crippen LogP contribution in [0.3, 0.4) is 0 Å². The zero-order valence-corrected chi connectivity index (χ0v) is 18.4. The van der Waals surface area contributed by atoms with Crippen LogP contribution in [0.25, 0.3) is 0 Å². The topological polar surface area (TPSA) is 56.7 Å². The first kappa shape index (κ1) is 20.8. The predicted molar refractivity (Wildman–Crippen MR) is 124 cm³/mol. The standard InChI is InChI=1S/C24H30N4OS/c1-25-23(27-18-24(13-14-24)30-21-10-3-2-4-11-21)26-16-19-8-5-6-9-20(19)17-28-15-7-12-22(28)29/h2-6,8-11H,7,12-18H2,1H3,(H2,25,26,27). The summed E-state index contributed by atoms with van der Waals surface area (Å²) >= 11 is 1.96. The Morgan fingerprint density at radius 1 is 1.07 bits per heavy atom. The number of amides is 1. The van der Waals surface area contributed by atoms with E-state index in [1.165, 1.54) is 28.9 Å². The molecule has 0 atom stereocenters. The number of carbonyl (C=O) groups is 1. The molecular formula is C24H30N4OS. The smallest absolute Gasteiger partial charge is 0.222 e. The van der Waals surface area contributed by atoms with Crippen molar-refractivity contribution in [2.24, 2.45) is 4.99 Å². The molecule has 0 spiro atoms. The van der Waals surface area contributed by atoms with Gasteiger partial charge in [-0.25, -0.2) is 0 Å². The van der Waals surface area contributed by atoms with Gasteiger partial charge in [-0.2, -0.15) is 0 Å². The Balaban J connectivity index is 1.30. The van der Waals surface area contributed by atoms with E-state index in [-0.39, 0.29) is 10.7 Å². The van der Waals surface area contributed by atoms with Crippen LogP contribution in [0.5, 0.6) is 0 Å². The second-order valence-electron chi connectivity index (χ2n) is 8.07. The molecule has 158 valence electrons. The first-order valence-corrected chi connectivity index (χ1v) is 11.5. The van der Waals surface area contributed by atoms with Gasteiger partial charge in [0.1, 0.15) is 0 Å². The van der Waals surface area contributed by atoms with Gasteiger partial charge in [-0.3, -0.25) is 9.79 Å². The van der Waals surface area contributed by atoms with Crippen LogP contribution >= 0.6 is 11.8 Å². The molecule has 4 rings (SSSR count). The summed E-state index contributed by atoms with van der Waals surface area (Å²) in [5.41, 5.74) is 2.41. The van der Waals surface area contributed by atoms with Gasteiger partial charge in [-0.1, -0.05) is 42.5 Å². The lowest BCUT2D eigenvalue weighted by molar-refractivity contribution is -0.128. The number of thioether (sulfide) groups is 1. The molecule has 1 saturated carbocycles. The molecule has 1 saturated heterocycles. The van der Waals surface area contributed by atoms with Gasteiger partial charge in [-0.15, -0.1) is 11.8 Å². The molecule has 6 heteroatoms. The summed E-state index contributed by atoms with van der Waals surface area (Å²) < 4.78 is 0.271. The van der Waals surface area contributed by atoms with E-state index in [9.17, 15) is 4.79 Å². The maximum atomic E-state index is 12.0. The Hall–Kier alpha value is -2.47. The number of carbonyl (C=O) groups excluding carboxylic acids is 1. The first-order valence-electron chi connectivity index (χ1n) is 10.7. The van der Waals surface area contributed by atoms with Crippen molar-refractivity contribution in [2.75, 3.05) is 20.1 Å². The van der Waals surface area contributed by atoms with Crippen LogP contribution in [-0.2, 0) is 17.9 Å². The summed E-state index contributed by atoms with van der Waals surface area (Å²) in [6, 6.07) is 19.0. The monoisotopic (exact) mass is 422 g/mol. The largest absolute Gasteiger partial charge is 0.355 e. The van der Waals surface area contributed by atoms with E-state index in [1.807, 2.05) is 29.8 Å². The maximum Gasteiger partial charge on any atom is 0.222 e. The quantitative estimate of drug-likeness (QED) is 0.502. The molecule has 2 fully saturated rings. The molecule has 0 radical (unpaired) electrons. The molecule has 0 bridgehead atoms. The average Bonchev–Trinajstić information content (AvgIpc) is 3.42. The Morgan fingerprint density at radius 2 is 1.80 bits per heavy atom. The average molecular weight is 423 g/mol. The molecule has 0 unspecified atom stereocenters. The molecule has 30 heavy (non-hydrogen) atoms. The minimum atomic E-state index is 0.265. The van der Waals surface area contributed by atoms with Crippen LogP contribution in [0.15, 0.2) is 64.5 Å². The van der Waals surface area contributed by atoms with Gasteiger partial charge in [-0.05, 0) is 42.5 Å². The number of hydrogen-bond acceptors (Lipinski definition) is 3. The van der Waals surface area contributed by atoms with Crippen molar-refractivity contribution in [2.45, 2.75) is 48.4 Å². The summed E-state index contributed by atoms with van der Waals surface area (Å²) in [4.78, 5) is 19.7. The third kappa shape index (κ3) is 5.36. The van der Waals surface area contributed by atoms with E-state index in [4.69, 9.17) is 0 Å². The summed E-state index contributed by atoms with van der Waals surface area (Å²) in [6.07, 6.45) is 4.10. The first-order chi connectivity index (χ1) is 14.7. The number of nitrogens with zero attached hydrogens (tertiary/aromatic N) is 2. The Kier molecular flexibility index (Phi) is 6.62. The molecule has 0 aromatic heterocycles. The number of nitrogens with one attached hydrogen (secondary N) is 2. The second kappa shape index (κ2) is 9.56. The van der Waals surface area contributed by atoms with Gasteiger partial charge in [0, 0.05) is 49.3 Å². The minimum Gasteiger partial charge on any atom is -0.355 e. The van der Waals surface area contributed by atoms with Crippen LogP contribution in [0.4, 0.5) is 0 Å². The fourth-order valence-corrected chi connectivity index (χ4v) is 5.04. The number of benzene rings is 2. The third-order valence-corrected chi connectivity index (χ3v) is 7.28. The molecule has 1 aliphatic carbocycles. The number of aliphatic imine (C=N–C) groups is 1. The number of rotatable bonds is 8. The normalized spacial score (nSPS) is 17.8. The fraction of sp³-hybridized carbons (Fsp3) is 0.417. The minimum absolute atomic E-state index is 0.265. The lowest BCUT2D eigenvalue weighted by Gasteiger charge is -2.20. The van der Waals surface area contributed by atoms with Crippen LogP contribution in [0.1, 0.15) is 36.8 Å². The van der Waals surface area contributed by atoms with Crippen molar-refractivity contribution in [3.05, 3.63) is 65.7 Å². The summed E-state index contributed by atoms with van der Waals surface area (Å²) in [5.74, 6) is 1.09. The number of likely N-dealkylation sites (tertiary alicyclic amines) is 1. The Bertz CT molecular complexity index is 895. The molecule has 2 N–H and O–H groups in total. The van der Waals surface area contributed by atoms with Gasteiger partial charge in [0.05, 0.1) is 0 Å². The number of hydrogen-bond donors (Lipinski definition) is 2.